The third-order valence-electron chi connectivity index (χ3n) is 3.73. The minimum Gasteiger partial charge on any atom is -0.475 e. The summed E-state index contributed by atoms with van der Waals surface area (Å²) in [6.07, 6.45) is 4.94. The lowest BCUT2D eigenvalue weighted by molar-refractivity contribution is 0.0665. The monoisotopic (exact) mass is 348 g/mol. The average molecular weight is 348 g/mol. The molecule has 1 amide bonds. The van der Waals surface area contributed by atoms with Gasteiger partial charge in [-0.05, 0) is 42.5 Å². The van der Waals surface area contributed by atoms with E-state index in [2.05, 4.69) is 15.4 Å². The number of rotatable bonds is 4. The summed E-state index contributed by atoms with van der Waals surface area (Å²) in [5.41, 5.74) is 1.88. The summed E-state index contributed by atoms with van der Waals surface area (Å²) < 4.78 is 6.83. The Bertz CT molecular complexity index is 1120. The molecule has 4 aromatic rings. The fraction of sp³-hybridized carbons (Fsp3) is 0. The largest absolute Gasteiger partial charge is 0.475 e. The number of fused-ring (bicyclic) bond motifs is 1. The fourth-order valence-corrected chi connectivity index (χ4v) is 2.53. The molecule has 0 fully saturated rings. The Kier molecular flexibility index (Phi) is 3.70. The van der Waals surface area contributed by atoms with Gasteiger partial charge in [0.25, 0.3) is 5.91 Å². The molecule has 8 nitrogen and oxygen atoms in total. The van der Waals surface area contributed by atoms with Crippen molar-refractivity contribution in [3.8, 4) is 5.69 Å². The van der Waals surface area contributed by atoms with Crippen molar-refractivity contribution in [1.29, 1.82) is 0 Å². The first-order valence-corrected chi connectivity index (χ1v) is 7.64. The van der Waals surface area contributed by atoms with E-state index in [0.717, 1.165) is 0 Å². The Hall–Kier alpha value is -3.94. The molecule has 0 aliphatic heterocycles. The third kappa shape index (κ3) is 2.91. The van der Waals surface area contributed by atoms with Gasteiger partial charge in [-0.3, -0.25) is 9.78 Å². The van der Waals surface area contributed by atoms with E-state index < -0.39 is 5.97 Å². The molecule has 3 heterocycles. The van der Waals surface area contributed by atoms with Gasteiger partial charge in [-0.2, -0.15) is 5.10 Å². The third-order valence-corrected chi connectivity index (χ3v) is 3.73. The van der Waals surface area contributed by atoms with Crippen LogP contribution in [0.2, 0.25) is 0 Å². The van der Waals surface area contributed by atoms with Crippen LogP contribution in [0.1, 0.15) is 21.0 Å². The zero-order valence-electron chi connectivity index (χ0n) is 13.3. The highest BCUT2D eigenvalue weighted by Gasteiger charge is 2.13. The summed E-state index contributed by atoms with van der Waals surface area (Å²) in [4.78, 5) is 27.5. The first-order valence-electron chi connectivity index (χ1n) is 7.64. The van der Waals surface area contributed by atoms with Crippen LogP contribution in [-0.4, -0.2) is 31.7 Å². The number of amides is 1. The molecule has 0 atom stereocenters. The lowest BCUT2D eigenvalue weighted by Crippen LogP contribution is -2.14. The summed E-state index contributed by atoms with van der Waals surface area (Å²) in [6.45, 7) is 0. The van der Waals surface area contributed by atoms with Crippen LogP contribution in [0, 0.1) is 0 Å². The van der Waals surface area contributed by atoms with E-state index in [4.69, 9.17) is 9.52 Å². The summed E-state index contributed by atoms with van der Waals surface area (Å²) in [7, 11) is 0. The maximum Gasteiger partial charge on any atom is 0.371 e. The number of carboxylic acid groups (broad SMARTS) is 1. The highest BCUT2D eigenvalue weighted by molar-refractivity contribution is 6.04. The van der Waals surface area contributed by atoms with E-state index in [0.29, 0.717) is 22.3 Å². The number of carbonyl (C=O) groups excluding carboxylic acids is 1. The second kappa shape index (κ2) is 6.17. The van der Waals surface area contributed by atoms with Gasteiger partial charge in [0.15, 0.2) is 0 Å². The number of hydrogen-bond donors (Lipinski definition) is 2. The topological polar surface area (TPSA) is 110 Å². The quantitative estimate of drug-likeness (QED) is 0.587. The van der Waals surface area contributed by atoms with E-state index in [1.807, 2.05) is 0 Å². The molecule has 3 aromatic heterocycles. The summed E-state index contributed by atoms with van der Waals surface area (Å²) in [5, 5.41) is 16.4. The van der Waals surface area contributed by atoms with Gasteiger partial charge in [0, 0.05) is 29.7 Å². The Morgan fingerprint density at radius 2 is 2.00 bits per heavy atom. The normalized spacial score (nSPS) is 10.8. The summed E-state index contributed by atoms with van der Waals surface area (Å²) in [6, 6.07) is 11.4. The first-order chi connectivity index (χ1) is 12.6. The number of pyridine rings is 1. The molecular formula is C18H12N4O4. The molecule has 0 aliphatic carbocycles. The molecule has 0 unspecified atom stereocenters. The van der Waals surface area contributed by atoms with Crippen LogP contribution in [0.4, 0.5) is 5.69 Å². The molecule has 8 heteroatoms. The molecule has 1 aromatic carbocycles. The van der Waals surface area contributed by atoms with Crippen molar-refractivity contribution in [2.75, 3.05) is 5.32 Å². The highest BCUT2D eigenvalue weighted by atomic mass is 16.4. The maximum atomic E-state index is 12.5. The van der Waals surface area contributed by atoms with Crippen LogP contribution < -0.4 is 5.32 Å². The SMILES string of the molecule is O=C(Nc1ccc2oc(C(=O)O)cc2c1)c1cc(-n2cccn2)ccn1. The number of carbonyl (C=O) groups is 2. The number of nitrogens with zero attached hydrogens (tertiary/aromatic N) is 3. The Labute approximate surface area is 146 Å². The van der Waals surface area contributed by atoms with Crippen molar-refractivity contribution in [1.82, 2.24) is 14.8 Å². The van der Waals surface area contributed by atoms with Gasteiger partial charge in [-0.25, -0.2) is 9.48 Å². The number of nitrogens with one attached hydrogen (secondary N) is 1. The minimum absolute atomic E-state index is 0.155. The number of benzene rings is 1. The summed E-state index contributed by atoms with van der Waals surface area (Å²) >= 11 is 0. The van der Waals surface area contributed by atoms with Gasteiger partial charge in [0.1, 0.15) is 11.3 Å². The Morgan fingerprint density at radius 3 is 2.77 bits per heavy atom. The molecule has 0 saturated carbocycles. The molecule has 0 radical (unpaired) electrons. The minimum atomic E-state index is -1.15. The van der Waals surface area contributed by atoms with E-state index in [9.17, 15) is 9.59 Å². The van der Waals surface area contributed by atoms with Crippen molar-refractivity contribution >= 4 is 28.5 Å². The van der Waals surface area contributed by atoms with Crippen molar-refractivity contribution in [2.45, 2.75) is 0 Å². The molecule has 0 bridgehead atoms. The fourth-order valence-electron chi connectivity index (χ4n) is 2.53. The van der Waals surface area contributed by atoms with Crippen LogP contribution in [-0.2, 0) is 0 Å². The van der Waals surface area contributed by atoms with Crippen LogP contribution in [0.5, 0.6) is 0 Å². The molecule has 0 spiro atoms. The highest BCUT2D eigenvalue weighted by Crippen LogP contribution is 2.23. The smallest absolute Gasteiger partial charge is 0.371 e. The van der Waals surface area contributed by atoms with Crippen LogP contribution >= 0.6 is 0 Å². The van der Waals surface area contributed by atoms with Crippen molar-refractivity contribution in [2.24, 2.45) is 0 Å². The molecule has 2 N–H and O–H groups in total. The number of carboxylic acids is 1. The zero-order chi connectivity index (χ0) is 18.1. The van der Waals surface area contributed by atoms with Crippen LogP contribution in [0.3, 0.4) is 0 Å². The van der Waals surface area contributed by atoms with Crippen molar-refractivity contribution in [3.05, 3.63) is 72.5 Å². The molecule has 0 aliphatic rings. The van der Waals surface area contributed by atoms with Gasteiger partial charge < -0.3 is 14.8 Å². The lowest BCUT2D eigenvalue weighted by atomic mass is 10.2. The maximum absolute atomic E-state index is 12.5. The molecular weight excluding hydrogens is 336 g/mol. The average Bonchev–Trinajstić information content (AvgIpc) is 3.31. The van der Waals surface area contributed by atoms with Crippen molar-refractivity contribution in [3.63, 3.8) is 0 Å². The van der Waals surface area contributed by atoms with Crippen molar-refractivity contribution < 1.29 is 19.1 Å². The van der Waals surface area contributed by atoms with Gasteiger partial charge in [-0.15, -0.1) is 0 Å². The second-order valence-corrected chi connectivity index (χ2v) is 5.47. The van der Waals surface area contributed by atoms with Gasteiger partial charge >= 0.3 is 5.97 Å². The standard InChI is InChI=1S/C18H12N4O4/c23-17(14-10-13(4-6-19-14)22-7-1-5-20-22)21-12-2-3-15-11(8-12)9-16(26-15)18(24)25/h1-10H,(H,21,23)(H,24,25). The van der Waals surface area contributed by atoms with E-state index in [1.54, 1.807) is 53.5 Å². The molecule has 0 saturated heterocycles. The van der Waals surface area contributed by atoms with Gasteiger partial charge in [0.2, 0.25) is 5.76 Å². The van der Waals surface area contributed by atoms with E-state index >= 15 is 0 Å². The van der Waals surface area contributed by atoms with Gasteiger partial charge in [-0.1, -0.05) is 0 Å². The molecule has 26 heavy (non-hydrogen) atoms. The number of anilines is 1. The predicted molar refractivity (Wildman–Crippen MR) is 92.5 cm³/mol. The lowest BCUT2D eigenvalue weighted by Gasteiger charge is -2.06. The Morgan fingerprint density at radius 1 is 1.12 bits per heavy atom. The van der Waals surface area contributed by atoms with Gasteiger partial charge in [0.05, 0.1) is 5.69 Å². The van der Waals surface area contributed by atoms with E-state index in [-0.39, 0.29) is 17.4 Å². The zero-order valence-corrected chi connectivity index (χ0v) is 13.3. The Balaban J connectivity index is 1.59. The second-order valence-electron chi connectivity index (χ2n) is 5.47. The molecule has 128 valence electrons. The molecule has 4 rings (SSSR count). The number of aromatic carboxylic acids is 1. The predicted octanol–water partition coefficient (Wildman–Crippen LogP) is 2.96. The summed E-state index contributed by atoms with van der Waals surface area (Å²) in [5.74, 6) is -1.69. The number of aromatic nitrogens is 3. The van der Waals surface area contributed by atoms with Crippen LogP contribution in [0.25, 0.3) is 16.7 Å². The van der Waals surface area contributed by atoms with E-state index in [1.165, 1.54) is 12.3 Å². The van der Waals surface area contributed by atoms with Crippen LogP contribution in [0.15, 0.2) is 65.5 Å². The first kappa shape index (κ1) is 15.6. The number of furan rings is 1. The number of hydrogen-bond acceptors (Lipinski definition) is 5.